The summed E-state index contributed by atoms with van der Waals surface area (Å²) >= 11 is 0. The Labute approximate surface area is 164 Å². The zero-order chi connectivity index (χ0) is 19.7. The normalized spacial score (nSPS) is 36.7. The number of nitrogens with zero attached hydrogens (tertiary/aromatic N) is 2. The molecule has 6 nitrogen and oxygen atoms in total. The van der Waals surface area contributed by atoms with Crippen LogP contribution in [0.3, 0.4) is 0 Å². The van der Waals surface area contributed by atoms with E-state index in [1.165, 1.54) is 12.7 Å². The first-order chi connectivity index (χ1) is 13.6. The number of methoxy groups -OCH3 is 2. The SMILES string of the molecule is C/C=C1/CN2CC[C@]34C(=Nc5ccc(OC)cc53)[C@@H]2C[C@@H]1[C@@]4(CO)C(=O)OC. The molecule has 1 aromatic carbocycles. The molecule has 0 unspecified atom stereocenters. The molecule has 0 spiro atoms. The van der Waals surface area contributed by atoms with Gasteiger partial charge in [-0.05, 0) is 43.5 Å². The summed E-state index contributed by atoms with van der Waals surface area (Å²) < 4.78 is 10.9. The first-order valence-electron chi connectivity index (χ1n) is 9.93. The number of ether oxygens (including phenoxy) is 2. The van der Waals surface area contributed by atoms with Crippen molar-refractivity contribution in [2.45, 2.75) is 31.2 Å². The lowest BCUT2D eigenvalue weighted by Gasteiger charge is -2.64. The highest BCUT2D eigenvalue weighted by atomic mass is 16.5. The van der Waals surface area contributed by atoms with Gasteiger partial charge in [-0.25, -0.2) is 0 Å². The number of aliphatic hydroxyl groups is 1. The molecule has 3 fully saturated rings. The maximum atomic E-state index is 13.5. The molecule has 5 rings (SSSR count). The van der Waals surface area contributed by atoms with Crippen molar-refractivity contribution in [1.82, 2.24) is 4.90 Å². The summed E-state index contributed by atoms with van der Waals surface area (Å²) in [4.78, 5) is 21.0. The number of benzene rings is 1. The minimum Gasteiger partial charge on any atom is -0.497 e. The van der Waals surface area contributed by atoms with Crippen LogP contribution in [0, 0.1) is 11.3 Å². The number of fused-ring (bicyclic) bond motifs is 2. The van der Waals surface area contributed by atoms with Crippen LogP contribution in [0.15, 0.2) is 34.8 Å². The fourth-order valence-corrected chi connectivity index (χ4v) is 6.48. The highest BCUT2D eigenvalue weighted by Crippen LogP contribution is 2.66. The average molecular weight is 382 g/mol. The number of esters is 1. The van der Waals surface area contributed by atoms with Crippen LogP contribution >= 0.6 is 0 Å². The summed E-state index contributed by atoms with van der Waals surface area (Å²) in [6.07, 6.45) is 3.65. The van der Waals surface area contributed by atoms with Gasteiger partial charge >= 0.3 is 5.97 Å². The molecule has 28 heavy (non-hydrogen) atoms. The Morgan fingerprint density at radius 2 is 2.25 bits per heavy atom. The Hall–Kier alpha value is -2.18. The predicted molar refractivity (Wildman–Crippen MR) is 105 cm³/mol. The van der Waals surface area contributed by atoms with Crippen molar-refractivity contribution in [3.8, 4) is 5.75 Å². The standard InChI is InChI=1S/C22H26N2O4/c1-4-13-11-24-8-7-21-16-9-14(27-2)5-6-17(16)23-19(21)18(24)10-15(13)22(21,12-25)20(26)28-3/h4-6,9,15,18,25H,7-8,10-12H2,1-3H3/b13-4-/t15-,18-,21+,22-/m0/s1. The molecule has 0 amide bonds. The monoisotopic (exact) mass is 382 g/mol. The summed E-state index contributed by atoms with van der Waals surface area (Å²) in [7, 11) is 3.07. The van der Waals surface area contributed by atoms with E-state index < -0.39 is 10.8 Å². The summed E-state index contributed by atoms with van der Waals surface area (Å²) in [5, 5.41) is 10.9. The number of rotatable bonds is 3. The van der Waals surface area contributed by atoms with Gasteiger partial charge in [0, 0.05) is 24.7 Å². The molecule has 3 heterocycles. The number of aliphatic hydroxyl groups excluding tert-OH is 1. The zero-order valence-electron chi connectivity index (χ0n) is 16.6. The van der Waals surface area contributed by atoms with Gasteiger partial charge < -0.3 is 14.6 Å². The van der Waals surface area contributed by atoms with Crippen LogP contribution in [-0.2, 0) is 14.9 Å². The van der Waals surface area contributed by atoms with Crippen LogP contribution < -0.4 is 4.74 Å². The van der Waals surface area contributed by atoms with E-state index in [-0.39, 0.29) is 24.5 Å². The van der Waals surface area contributed by atoms with Crippen LogP contribution in [0.2, 0.25) is 0 Å². The topological polar surface area (TPSA) is 71.4 Å². The molecule has 3 bridgehead atoms. The van der Waals surface area contributed by atoms with Gasteiger partial charge in [-0.1, -0.05) is 11.6 Å². The number of carbonyl (C=O) groups is 1. The molecule has 0 aromatic heterocycles. The Kier molecular flexibility index (Phi) is 3.77. The highest BCUT2D eigenvalue weighted by molar-refractivity contribution is 6.11. The van der Waals surface area contributed by atoms with Crippen LogP contribution in [0.5, 0.6) is 5.75 Å². The number of carbonyl (C=O) groups excluding carboxylic acids is 1. The van der Waals surface area contributed by atoms with Crippen molar-refractivity contribution in [2.24, 2.45) is 16.3 Å². The number of allylic oxidation sites excluding steroid dienone is 1. The van der Waals surface area contributed by atoms with E-state index in [0.29, 0.717) is 0 Å². The van der Waals surface area contributed by atoms with Crippen LogP contribution in [0.4, 0.5) is 5.69 Å². The second kappa shape index (κ2) is 5.91. The van der Waals surface area contributed by atoms with E-state index in [1.54, 1.807) is 7.11 Å². The number of hydrogen-bond acceptors (Lipinski definition) is 6. The minimum atomic E-state index is -1.07. The van der Waals surface area contributed by atoms with Crippen molar-refractivity contribution in [3.05, 3.63) is 35.4 Å². The Morgan fingerprint density at radius 1 is 1.43 bits per heavy atom. The first kappa shape index (κ1) is 17.9. The van der Waals surface area contributed by atoms with Gasteiger partial charge in [0.05, 0.1) is 38.0 Å². The summed E-state index contributed by atoms with van der Waals surface area (Å²) in [6, 6.07) is 6.08. The molecule has 1 saturated carbocycles. The number of aliphatic imine (C=N–C) groups is 1. The van der Waals surface area contributed by atoms with E-state index in [2.05, 4.69) is 11.0 Å². The van der Waals surface area contributed by atoms with Crippen molar-refractivity contribution in [3.63, 3.8) is 0 Å². The molecular weight excluding hydrogens is 356 g/mol. The van der Waals surface area contributed by atoms with Crippen LogP contribution in [0.25, 0.3) is 0 Å². The Morgan fingerprint density at radius 3 is 2.93 bits per heavy atom. The molecule has 1 N–H and O–H groups in total. The Bertz CT molecular complexity index is 923. The van der Waals surface area contributed by atoms with E-state index in [1.807, 2.05) is 25.1 Å². The average Bonchev–Trinajstić information content (AvgIpc) is 3.08. The molecule has 3 aliphatic heterocycles. The van der Waals surface area contributed by atoms with Gasteiger partial charge in [0.1, 0.15) is 11.2 Å². The fourth-order valence-electron chi connectivity index (χ4n) is 6.48. The molecule has 4 aliphatic rings. The number of hydrogen-bond donors (Lipinski definition) is 1. The van der Waals surface area contributed by atoms with Gasteiger partial charge in [0.2, 0.25) is 0 Å². The predicted octanol–water partition coefficient (Wildman–Crippen LogP) is 2.22. The molecule has 0 radical (unpaired) electrons. The zero-order valence-corrected chi connectivity index (χ0v) is 16.6. The fraction of sp³-hybridized carbons (Fsp3) is 0.545. The minimum absolute atomic E-state index is 0.0624. The van der Waals surface area contributed by atoms with Crippen LogP contribution in [0.1, 0.15) is 25.3 Å². The lowest BCUT2D eigenvalue weighted by atomic mass is 9.43. The Balaban J connectivity index is 1.85. The van der Waals surface area contributed by atoms with Gasteiger partial charge in [-0.15, -0.1) is 0 Å². The maximum Gasteiger partial charge on any atom is 0.316 e. The van der Waals surface area contributed by atoms with E-state index in [4.69, 9.17) is 14.5 Å². The third kappa shape index (κ3) is 1.81. The van der Waals surface area contributed by atoms with Gasteiger partial charge in [-0.3, -0.25) is 14.7 Å². The quantitative estimate of drug-likeness (QED) is 0.641. The molecule has 4 atom stereocenters. The summed E-state index contributed by atoms with van der Waals surface area (Å²) in [5.41, 5.74) is 2.39. The van der Waals surface area contributed by atoms with Crippen molar-refractivity contribution >= 4 is 17.4 Å². The van der Waals surface area contributed by atoms with E-state index in [9.17, 15) is 9.90 Å². The first-order valence-corrected chi connectivity index (χ1v) is 9.93. The third-order valence-electron chi connectivity index (χ3n) is 7.69. The summed E-state index contributed by atoms with van der Waals surface area (Å²) in [6.45, 7) is 3.45. The van der Waals surface area contributed by atoms with Gasteiger partial charge in [0.15, 0.2) is 0 Å². The van der Waals surface area contributed by atoms with Gasteiger partial charge in [-0.2, -0.15) is 0 Å². The lowest BCUT2D eigenvalue weighted by Crippen LogP contribution is -2.74. The maximum absolute atomic E-state index is 13.5. The van der Waals surface area contributed by atoms with E-state index in [0.717, 1.165) is 48.6 Å². The molecular formula is C22H26N2O4. The van der Waals surface area contributed by atoms with Crippen LogP contribution in [-0.4, -0.2) is 61.6 Å². The third-order valence-corrected chi connectivity index (χ3v) is 7.69. The largest absolute Gasteiger partial charge is 0.497 e. The second-order valence-corrected chi connectivity index (χ2v) is 8.29. The van der Waals surface area contributed by atoms with E-state index >= 15 is 0 Å². The lowest BCUT2D eigenvalue weighted by molar-refractivity contribution is -0.170. The van der Waals surface area contributed by atoms with Gasteiger partial charge in [0.25, 0.3) is 0 Å². The second-order valence-electron chi connectivity index (χ2n) is 8.29. The van der Waals surface area contributed by atoms with Crippen molar-refractivity contribution in [1.29, 1.82) is 0 Å². The molecule has 1 aliphatic carbocycles. The van der Waals surface area contributed by atoms with Crippen molar-refractivity contribution in [2.75, 3.05) is 33.9 Å². The summed E-state index contributed by atoms with van der Waals surface area (Å²) in [5.74, 6) is 0.342. The molecule has 2 saturated heterocycles. The smallest absolute Gasteiger partial charge is 0.316 e. The molecule has 1 aromatic rings. The van der Waals surface area contributed by atoms with Crippen molar-refractivity contribution < 1.29 is 19.4 Å². The highest BCUT2D eigenvalue weighted by Gasteiger charge is 2.73. The number of piperidine rings is 2. The molecule has 6 heteroatoms. The molecule has 148 valence electrons.